The summed E-state index contributed by atoms with van der Waals surface area (Å²) in [5.41, 5.74) is 3.17. The van der Waals surface area contributed by atoms with Crippen molar-refractivity contribution in [2.75, 3.05) is 0 Å². The second-order valence-electron chi connectivity index (χ2n) is 6.33. The van der Waals surface area contributed by atoms with Crippen LogP contribution in [0.3, 0.4) is 0 Å². The van der Waals surface area contributed by atoms with Gasteiger partial charge in [0.15, 0.2) is 0 Å². The van der Waals surface area contributed by atoms with Gasteiger partial charge in [-0.3, -0.25) is 12.9 Å². The molecule has 0 bridgehead atoms. The maximum Gasteiger partial charge on any atom is 0.762 e. The van der Waals surface area contributed by atoms with Crippen molar-refractivity contribution in [3.8, 4) is 0 Å². The Hall–Kier alpha value is -2.69. The van der Waals surface area contributed by atoms with Crippen molar-refractivity contribution in [2.24, 2.45) is 0 Å². The summed E-state index contributed by atoms with van der Waals surface area (Å²) in [5, 5.41) is 5.64. The fourth-order valence-electron chi connectivity index (χ4n) is 3.57. The van der Waals surface area contributed by atoms with Gasteiger partial charge in [0.2, 0.25) is 0 Å². The van der Waals surface area contributed by atoms with E-state index >= 15 is 0 Å². The van der Waals surface area contributed by atoms with Crippen molar-refractivity contribution in [2.45, 2.75) is 25.7 Å². The largest absolute Gasteiger partial charge is 0.762 e. The second-order valence-corrected chi connectivity index (χ2v) is 6.33. The van der Waals surface area contributed by atoms with E-state index in [-0.39, 0.29) is 0 Å². The molecule has 0 amide bonds. The number of rotatable bonds is 0. The van der Waals surface area contributed by atoms with E-state index in [2.05, 4.69) is 52.9 Å². The summed E-state index contributed by atoms with van der Waals surface area (Å²) in [6.07, 6.45) is 8.47. The summed E-state index contributed by atoms with van der Waals surface area (Å²) >= 11 is 0. The summed E-state index contributed by atoms with van der Waals surface area (Å²) < 4.78 is 33.6. The highest BCUT2D eigenvalue weighted by Gasteiger charge is 2.13. The predicted octanol–water partition coefficient (Wildman–Crippen LogP) is 7.03. The van der Waals surface area contributed by atoms with Crippen LogP contribution in [0.5, 0.6) is 0 Å². The lowest BCUT2D eigenvalue weighted by molar-refractivity contribution is 0.535. The van der Waals surface area contributed by atoms with Gasteiger partial charge in [0.1, 0.15) is 0 Å². The topological polar surface area (TPSA) is 13.1 Å². The van der Waals surface area contributed by atoms with Gasteiger partial charge < -0.3 is 4.42 Å². The monoisotopic (exact) mass is 368 g/mol. The highest BCUT2D eigenvalue weighted by atomic mass is 19.4. The lowest BCUT2D eigenvalue weighted by atomic mass is 9.86. The Balaban J connectivity index is 0.000000195. The van der Waals surface area contributed by atoms with Crippen molar-refractivity contribution >= 4 is 29.1 Å². The molecule has 1 aliphatic rings. The van der Waals surface area contributed by atoms with Crippen LogP contribution in [0, 0.1) is 0 Å². The van der Waals surface area contributed by atoms with Gasteiger partial charge in [-0.1, -0.05) is 48.5 Å². The maximum absolute atomic E-state index is 9.67. The zero-order chi connectivity index (χ0) is 19.1. The molecule has 1 nitrogen and oxygen atoms in total. The fraction of sp³-hybridized carbons (Fsp3) is 0.182. The molecule has 0 unspecified atom stereocenters. The first-order valence-electron chi connectivity index (χ1n) is 8.98. The molecule has 0 atom stereocenters. The predicted molar refractivity (Wildman–Crippen MR) is 106 cm³/mol. The van der Waals surface area contributed by atoms with Crippen molar-refractivity contribution in [1.82, 2.24) is 0 Å². The standard InChI is InChI=1S/C18H16.C4H4O.BF3/c1-3-7-15-13(5-1)9-11-18-16-8-4-2-6-14(16)10-12-17(15)18;1-2-4-5-3-1;2-1(3)4/h1,3,5,7,9-12H,2,4,6,8H2;1-4H;. The average Bonchev–Trinajstić information content (AvgIpc) is 3.27. The fourth-order valence-corrected chi connectivity index (χ4v) is 3.57. The zero-order valence-electron chi connectivity index (χ0n) is 14.9. The summed E-state index contributed by atoms with van der Waals surface area (Å²) in [5.74, 6) is 0. The molecule has 5 rings (SSSR count). The van der Waals surface area contributed by atoms with Gasteiger partial charge in [0.05, 0.1) is 12.5 Å². The number of benzene rings is 3. The first kappa shape index (κ1) is 19.1. The number of furan rings is 1. The number of hydrogen-bond acceptors (Lipinski definition) is 1. The van der Waals surface area contributed by atoms with Gasteiger partial charge in [-0.2, -0.15) is 0 Å². The molecule has 1 aliphatic carbocycles. The number of halogens is 3. The minimum absolute atomic E-state index is 1.25. The molecule has 1 aromatic heterocycles. The Morgan fingerprint density at radius 3 is 2.04 bits per heavy atom. The Labute approximate surface area is 157 Å². The second kappa shape index (κ2) is 9.31. The van der Waals surface area contributed by atoms with Crippen LogP contribution in [0.25, 0.3) is 21.5 Å². The van der Waals surface area contributed by atoms with Crippen LogP contribution >= 0.6 is 0 Å². The van der Waals surface area contributed by atoms with Crippen LogP contribution < -0.4 is 0 Å². The van der Waals surface area contributed by atoms with Crippen molar-refractivity contribution in [3.05, 3.63) is 84.3 Å². The van der Waals surface area contributed by atoms with E-state index in [9.17, 15) is 12.9 Å². The van der Waals surface area contributed by atoms with Gasteiger partial charge in [0.25, 0.3) is 0 Å². The molecular formula is C22H20BF3O. The van der Waals surface area contributed by atoms with Crippen LogP contribution in [0.4, 0.5) is 12.9 Å². The van der Waals surface area contributed by atoms with Gasteiger partial charge in [-0.05, 0) is 70.5 Å². The van der Waals surface area contributed by atoms with Gasteiger partial charge >= 0.3 is 7.54 Å². The zero-order valence-corrected chi connectivity index (χ0v) is 14.9. The molecule has 4 aromatic rings. The van der Waals surface area contributed by atoms with Crippen LogP contribution in [-0.2, 0) is 12.8 Å². The highest BCUT2D eigenvalue weighted by molar-refractivity contribution is 6.33. The van der Waals surface area contributed by atoms with Crippen LogP contribution in [0.15, 0.2) is 77.6 Å². The van der Waals surface area contributed by atoms with E-state index in [4.69, 9.17) is 0 Å². The Kier molecular flexibility index (Phi) is 6.58. The normalized spacial score (nSPS) is 12.4. The van der Waals surface area contributed by atoms with E-state index in [1.165, 1.54) is 47.2 Å². The van der Waals surface area contributed by atoms with Crippen molar-refractivity contribution in [1.29, 1.82) is 0 Å². The molecular weight excluding hydrogens is 348 g/mol. The van der Waals surface area contributed by atoms with Gasteiger partial charge in [0, 0.05) is 0 Å². The molecule has 0 N–H and O–H groups in total. The molecule has 0 fully saturated rings. The molecule has 5 heteroatoms. The lowest BCUT2D eigenvalue weighted by Gasteiger charge is -2.18. The molecule has 27 heavy (non-hydrogen) atoms. The minimum atomic E-state index is -3.67. The molecule has 0 spiro atoms. The third-order valence-corrected chi connectivity index (χ3v) is 4.68. The number of fused-ring (bicyclic) bond motifs is 5. The third-order valence-electron chi connectivity index (χ3n) is 4.68. The van der Waals surface area contributed by atoms with Crippen molar-refractivity contribution in [3.63, 3.8) is 0 Å². The van der Waals surface area contributed by atoms with E-state index in [1.54, 1.807) is 23.7 Å². The summed E-state index contributed by atoms with van der Waals surface area (Å²) in [7, 11) is -3.67. The molecule has 0 radical (unpaired) electrons. The smallest absolute Gasteiger partial charge is 0.473 e. The Morgan fingerprint density at radius 1 is 0.667 bits per heavy atom. The van der Waals surface area contributed by atoms with Gasteiger partial charge in [-0.15, -0.1) is 0 Å². The van der Waals surface area contributed by atoms with E-state index in [1.807, 2.05) is 12.1 Å². The quantitative estimate of drug-likeness (QED) is 0.240. The Bertz CT molecular complexity index is 964. The van der Waals surface area contributed by atoms with Crippen LogP contribution in [0.2, 0.25) is 0 Å². The summed E-state index contributed by atoms with van der Waals surface area (Å²) in [6.45, 7) is 0. The maximum atomic E-state index is 9.67. The molecule has 138 valence electrons. The van der Waals surface area contributed by atoms with Crippen molar-refractivity contribution < 1.29 is 17.4 Å². The van der Waals surface area contributed by atoms with Gasteiger partial charge in [-0.25, -0.2) is 0 Å². The van der Waals surface area contributed by atoms with E-state index < -0.39 is 7.54 Å². The first-order chi connectivity index (χ1) is 13.2. The Morgan fingerprint density at radius 2 is 1.33 bits per heavy atom. The highest BCUT2D eigenvalue weighted by Crippen LogP contribution is 2.33. The number of aryl methyl sites for hydroxylation is 2. The average molecular weight is 368 g/mol. The molecule has 3 aromatic carbocycles. The summed E-state index contributed by atoms with van der Waals surface area (Å²) in [4.78, 5) is 0. The first-order valence-corrected chi connectivity index (χ1v) is 8.98. The molecule has 0 saturated carbocycles. The molecule has 1 heterocycles. The van der Waals surface area contributed by atoms with E-state index in [0.717, 1.165) is 0 Å². The molecule has 0 saturated heterocycles. The van der Waals surface area contributed by atoms with Crippen LogP contribution in [-0.4, -0.2) is 7.54 Å². The third kappa shape index (κ3) is 4.94. The van der Waals surface area contributed by atoms with E-state index in [0.29, 0.717) is 0 Å². The summed E-state index contributed by atoms with van der Waals surface area (Å²) in [6, 6.07) is 21.6. The SMILES string of the molecule is FB(F)F.c1ccc2c(c1)ccc1c3c(ccc12)CCCC3.c1ccoc1. The molecule has 0 aliphatic heterocycles. The number of hydrogen-bond donors (Lipinski definition) is 0. The lowest BCUT2D eigenvalue weighted by Crippen LogP contribution is -2.02. The minimum Gasteiger partial charge on any atom is -0.473 e. The van der Waals surface area contributed by atoms with Crippen LogP contribution in [0.1, 0.15) is 24.0 Å².